The lowest BCUT2D eigenvalue weighted by atomic mass is 9.80. The van der Waals surface area contributed by atoms with Crippen LogP contribution in [0.1, 0.15) is 38.2 Å². The first kappa shape index (κ1) is 24.1. The van der Waals surface area contributed by atoms with Crippen molar-refractivity contribution in [3.63, 3.8) is 0 Å². The van der Waals surface area contributed by atoms with Gasteiger partial charge < -0.3 is 9.94 Å². The van der Waals surface area contributed by atoms with E-state index in [2.05, 4.69) is 11.7 Å². The Bertz CT molecular complexity index is 788. The number of hydrogen-bond donors (Lipinski definition) is 1. The molecule has 0 fully saturated rings. The largest absolute Gasteiger partial charge is 0.493 e. The summed E-state index contributed by atoms with van der Waals surface area (Å²) in [6.07, 6.45) is 0.940. The van der Waals surface area contributed by atoms with Gasteiger partial charge >= 0.3 is 6.18 Å². The number of thioether (sulfide) groups is 1. The molecule has 1 aromatic carbocycles. The molecule has 164 valence electrons. The molecule has 0 heterocycles. The third-order valence-electron chi connectivity index (χ3n) is 4.96. The zero-order chi connectivity index (χ0) is 22.1. The van der Waals surface area contributed by atoms with Gasteiger partial charge in [-0.1, -0.05) is 19.6 Å². The van der Waals surface area contributed by atoms with E-state index in [4.69, 9.17) is 9.94 Å². The number of ether oxygens (including phenoxy) is 1. The van der Waals surface area contributed by atoms with Gasteiger partial charge in [0.15, 0.2) is 5.78 Å². The Morgan fingerprint density at radius 3 is 2.60 bits per heavy atom. The summed E-state index contributed by atoms with van der Waals surface area (Å²) in [7, 11) is 0. The van der Waals surface area contributed by atoms with Crippen LogP contribution in [-0.2, 0) is 15.7 Å². The Labute approximate surface area is 178 Å². The average molecular weight is 442 g/mol. The number of benzene rings is 1. The van der Waals surface area contributed by atoms with Crippen molar-refractivity contribution in [3.8, 4) is 0 Å². The quantitative estimate of drug-likeness (QED) is 0.156. The number of carbonyl (C=O) groups is 1. The van der Waals surface area contributed by atoms with Crippen molar-refractivity contribution in [1.29, 1.82) is 0 Å². The number of hydrogen-bond acceptors (Lipinski definition) is 5. The van der Waals surface area contributed by atoms with Crippen LogP contribution in [0, 0.1) is 11.8 Å². The molecule has 2 unspecified atom stereocenters. The summed E-state index contributed by atoms with van der Waals surface area (Å²) in [6, 6.07) is 5.10. The molecule has 0 saturated carbocycles. The molecule has 1 N–H and O–H groups in total. The molecule has 1 aliphatic carbocycles. The first-order chi connectivity index (χ1) is 14.3. The van der Waals surface area contributed by atoms with Crippen LogP contribution in [0.15, 0.2) is 58.3 Å². The van der Waals surface area contributed by atoms with Gasteiger partial charge in [0.05, 0.1) is 11.8 Å². The standard InChI is InChI=1S/C22H26F3NO3S/c1-3-10-29-20-13-15(12-19(27)21(20)16(4-2)14-26-28)9-11-30-18-7-5-17(6-8-18)22(23,24)25/h3,5-8,14-16,28H,1,4,9-13H2,2H3. The predicted octanol–water partition coefficient (Wildman–Crippen LogP) is 6.11. The van der Waals surface area contributed by atoms with Gasteiger partial charge in [0.1, 0.15) is 12.4 Å². The lowest BCUT2D eigenvalue weighted by Crippen LogP contribution is -2.26. The smallest absolute Gasteiger partial charge is 0.416 e. The molecule has 0 aliphatic heterocycles. The minimum absolute atomic E-state index is 0.0170. The number of Topliss-reactive ketones (excluding diaryl/α,β-unsaturated/α-hetero) is 1. The monoisotopic (exact) mass is 441 g/mol. The Morgan fingerprint density at radius 2 is 2.03 bits per heavy atom. The number of rotatable bonds is 10. The highest BCUT2D eigenvalue weighted by molar-refractivity contribution is 7.99. The summed E-state index contributed by atoms with van der Waals surface area (Å²) in [5, 5.41) is 12.0. The number of halogens is 3. The van der Waals surface area contributed by atoms with Crippen molar-refractivity contribution < 1.29 is 27.9 Å². The zero-order valence-corrected chi connectivity index (χ0v) is 17.6. The second-order valence-electron chi connectivity index (χ2n) is 7.07. The van der Waals surface area contributed by atoms with Crippen LogP contribution in [0.25, 0.3) is 0 Å². The third kappa shape index (κ3) is 6.65. The number of carbonyl (C=O) groups excluding carboxylic acids is 1. The van der Waals surface area contributed by atoms with Crippen LogP contribution in [0.4, 0.5) is 13.2 Å². The topological polar surface area (TPSA) is 58.9 Å². The summed E-state index contributed by atoms with van der Waals surface area (Å²) in [4.78, 5) is 13.6. The van der Waals surface area contributed by atoms with E-state index in [-0.39, 0.29) is 24.2 Å². The molecular formula is C22H26F3NO3S. The Kier molecular flexibility index (Phi) is 9.02. The van der Waals surface area contributed by atoms with Crippen LogP contribution >= 0.6 is 11.8 Å². The lowest BCUT2D eigenvalue weighted by molar-refractivity contribution is -0.137. The molecule has 2 rings (SSSR count). The molecule has 4 nitrogen and oxygen atoms in total. The summed E-state index contributed by atoms with van der Waals surface area (Å²) >= 11 is 1.47. The number of alkyl halides is 3. The van der Waals surface area contributed by atoms with Crippen LogP contribution in [0.2, 0.25) is 0 Å². The molecule has 2 atom stereocenters. The van der Waals surface area contributed by atoms with Crippen LogP contribution in [-0.4, -0.2) is 29.6 Å². The Balaban J connectivity index is 2.02. The summed E-state index contributed by atoms with van der Waals surface area (Å²) in [6.45, 7) is 5.83. The molecule has 0 aromatic heterocycles. The fourth-order valence-corrected chi connectivity index (χ4v) is 4.45. The molecule has 1 aliphatic rings. The predicted molar refractivity (Wildman–Crippen MR) is 112 cm³/mol. The number of nitrogens with zero attached hydrogens (tertiary/aromatic N) is 1. The maximum Gasteiger partial charge on any atom is 0.416 e. The highest BCUT2D eigenvalue weighted by Gasteiger charge is 2.32. The van der Waals surface area contributed by atoms with Gasteiger partial charge in [-0.3, -0.25) is 4.79 Å². The second-order valence-corrected chi connectivity index (χ2v) is 8.24. The van der Waals surface area contributed by atoms with E-state index >= 15 is 0 Å². The maximum absolute atomic E-state index is 12.8. The van der Waals surface area contributed by atoms with E-state index in [0.717, 1.165) is 23.4 Å². The Morgan fingerprint density at radius 1 is 1.33 bits per heavy atom. The van der Waals surface area contributed by atoms with Crippen molar-refractivity contribution in [3.05, 3.63) is 53.8 Å². The molecule has 0 spiro atoms. The highest BCUT2D eigenvalue weighted by Crippen LogP contribution is 2.36. The van der Waals surface area contributed by atoms with Gasteiger partial charge in [-0.25, -0.2) is 0 Å². The first-order valence-electron chi connectivity index (χ1n) is 9.77. The van der Waals surface area contributed by atoms with E-state index in [1.54, 1.807) is 6.08 Å². The van der Waals surface area contributed by atoms with Gasteiger partial charge in [0, 0.05) is 29.2 Å². The normalized spacial score (nSPS) is 18.7. The average Bonchev–Trinajstić information content (AvgIpc) is 2.70. The van der Waals surface area contributed by atoms with E-state index < -0.39 is 11.7 Å². The van der Waals surface area contributed by atoms with Gasteiger partial charge in [0.2, 0.25) is 0 Å². The number of allylic oxidation sites excluding steroid dienone is 2. The fraction of sp³-hybridized carbons (Fsp3) is 0.455. The van der Waals surface area contributed by atoms with E-state index in [1.807, 2.05) is 6.92 Å². The Hall–Kier alpha value is -2.22. The van der Waals surface area contributed by atoms with Gasteiger partial charge in [-0.2, -0.15) is 13.2 Å². The molecule has 0 amide bonds. The number of ketones is 1. The van der Waals surface area contributed by atoms with Crippen molar-refractivity contribution >= 4 is 23.8 Å². The van der Waals surface area contributed by atoms with Gasteiger partial charge in [-0.15, -0.1) is 16.9 Å². The minimum Gasteiger partial charge on any atom is -0.493 e. The summed E-state index contributed by atoms with van der Waals surface area (Å²) < 4.78 is 43.7. The molecule has 0 bridgehead atoms. The molecular weight excluding hydrogens is 415 g/mol. The fourth-order valence-electron chi connectivity index (χ4n) is 3.43. The van der Waals surface area contributed by atoms with Crippen LogP contribution < -0.4 is 0 Å². The third-order valence-corrected chi connectivity index (χ3v) is 6.00. The lowest BCUT2D eigenvalue weighted by Gasteiger charge is -2.28. The maximum atomic E-state index is 12.8. The SMILES string of the molecule is C=CCOC1=C(C(C=NO)CC)C(=O)CC(CCSc2ccc(C(F)(F)F)cc2)C1. The van der Waals surface area contributed by atoms with Gasteiger partial charge in [-0.05, 0) is 48.8 Å². The van der Waals surface area contributed by atoms with E-state index in [9.17, 15) is 18.0 Å². The van der Waals surface area contributed by atoms with Crippen molar-refractivity contribution in [2.45, 2.75) is 43.7 Å². The molecule has 0 saturated heterocycles. The summed E-state index contributed by atoms with van der Waals surface area (Å²) in [5.41, 5.74) is -0.105. The molecule has 1 aromatic rings. The van der Waals surface area contributed by atoms with Crippen LogP contribution in [0.3, 0.4) is 0 Å². The van der Waals surface area contributed by atoms with Gasteiger partial charge in [0.25, 0.3) is 0 Å². The van der Waals surface area contributed by atoms with Crippen molar-refractivity contribution in [2.24, 2.45) is 17.0 Å². The van der Waals surface area contributed by atoms with Crippen LogP contribution in [0.5, 0.6) is 0 Å². The van der Waals surface area contributed by atoms with Crippen molar-refractivity contribution in [1.82, 2.24) is 0 Å². The molecule has 30 heavy (non-hydrogen) atoms. The van der Waals surface area contributed by atoms with E-state index in [1.165, 1.54) is 30.1 Å². The first-order valence-corrected chi connectivity index (χ1v) is 10.8. The van der Waals surface area contributed by atoms with Crippen molar-refractivity contribution in [2.75, 3.05) is 12.4 Å². The molecule has 0 radical (unpaired) electrons. The number of oxime groups is 1. The highest BCUT2D eigenvalue weighted by atomic mass is 32.2. The zero-order valence-electron chi connectivity index (χ0n) is 16.8. The minimum atomic E-state index is -4.34. The summed E-state index contributed by atoms with van der Waals surface area (Å²) in [5.74, 6) is 1.07. The molecule has 8 heteroatoms. The second kappa shape index (κ2) is 11.2. The van der Waals surface area contributed by atoms with E-state index in [0.29, 0.717) is 36.3 Å².